The quantitative estimate of drug-likeness (QED) is 0.738. The van der Waals surface area contributed by atoms with Gasteiger partial charge in [0, 0.05) is 10.6 Å². The Bertz CT molecular complexity index is 950. The van der Waals surface area contributed by atoms with E-state index in [1.54, 1.807) is 0 Å². The van der Waals surface area contributed by atoms with Crippen LogP contribution < -0.4 is 0 Å². The first kappa shape index (κ1) is 17.4. The standard InChI is InChI=1S/C15H7Cl2F2NO2S/c16-10-1-3-13(17)15(7-10)23(21,22)12(8-20)6-9-5-11(18)2-4-14(9)19/h1-7H/b12-6+. The second-order valence-corrected chi connectivity index (χ2v) is 7.09. The Morgan fingerprint density at radius 2 is 1.83 bits per heavy atom. The van der Waals surface area contributed by atoms with Gasteiger partial charge in [0.15, 0.2) is 0 Å². The highest BCUT2D eigenvalue weighted by Gasteiger charge is 2.24. The van der Waals surface area contributed by atoms with Gasteiger partial charge in [-0.05, 0) is 42.5 Å². The van der Waals surface area contributed by atoms with Gasteiger partial charge in [-0.15, -0.1) is 0 Å². The number of nitriles is 1. The Labute approximate surface area is 141 Å². The Morgan fingerprint density at radius 3 is 2.48 bits per heavy atom. The van der Waals surface area contributed by atoms with Crippen LogP contribution in [-0.4, -0.2) is 8.42 Å². The highest BCUT2D eigenvalue weighted by Crippen LogP contribution is 2.30. The lowest BCUT2D eigenvalue weighted by atomic mass is 10.2. The normalized spacial score (nSPS) is 12.0. The molecule has 0 bridgehead atoms. The van der Waals surface area contributed by atoms with Crippen LogP contribution in [0.3, 0.4) is 0 Å². The molecule has 2 rings (SSSR count). The second-order valence-electron chi connectivity index (χ2n) is 4.36. The molecule has 0 unspecified atom stereocenters. The van der Waals surface area contributed by atoms with Gasteiger partial charge in [0.05, 0.1) is 9.92 Å². The average Bonchev–Trinajstić information content (AvgIpc) is 2.50. The maximum absolute atomic E-state index is 13.6. The zero-order valence-corrected chi connectivity index (χ0v) is 13.6. The lowest BCUT2D eigenvalue weighted by molar-refractivity contribution is 0.597. The summed E-state index contributed by atoms with van der Waals surface area (Å²) in [7, 11) is -4.34. The van der Waals surface area contributed by atoms with Crippen molar-refractivity contribution in [2.75, 3.05) is 0 Å². The van der Waals surface area contributed by atoms with Crippen molar-refractivity contribution in [2.45, 2.75) is 4.90 Å². The lowest BCUT2D eigenvalue weighted by Gasteiger charge is -2.06. The highest BCUT2D eigenvalue weighted by molar-refractivity contribution is 7.95. The van der Waals surface area contributed by atoms with Crippen molar-refractivity contribution in [1.82, 2.24) is 0 Å². The lowest BCUT2D eigenvalue weighted by Crippen LogP contribution is -2.05. The Balaban J connectivity index is 2.65. The molecule has 0 aliphatic rings. The van der Waals surface area contributed by atoms with Crippen molar-refractivity contribution < 1.29 is 17.2 Å². The molecule has 0 saturated carbocycles. The molecule has 23 heavy (non-hydrogen) atoms. The van der Waals surface area contributed by atoms with Crippen LogP contribution in [0.5, 0.6) is 0 Å². The summed E-state index contributed by atoms with van der Waals surface area (Å²) in [6.07, 6.45) is 0.741. The van der Waals surface area contributed by atoms with Crippen molar-refractivity contribution in [2.24, 2.45) is 0 Å². The average molecular weight is 374 g/mol. The molecule has 0 amide bonds. The maximum atomic E-state index is 13.6. The third-order valence-corrected chi connectivity index (χ3v) is 5.21. The molecule has 0 radical (unpaired) electrons. The van der Waals surface area contributed by atoms with E-state index in [0.717, 1.165) is 30.3 Å². The van der Waals surface area contributed by atoms with E-state index in [4.69, 9.17) is 28.5 Å². The van der Waals surface area contributed by atoms with Crippen molar-refractivity contribution in [3.63, 3.8) is 0 Å². The minimum absolute atomic E-state index is 0.0993. The van der Waals surface area contributed by atoms with Gasteiger partial charge in [-0.25, -0.2) is 17.2 Å². The molecule has 0 aliphatic carbocycles. The minimum Gasteiger partial charge on any atom is -0.218 e. The van der Waals surface area contributed by atoms with E-state index in [0.29, 0.717) is 0 Å². The van der Waals surface area contributed by atoms with E-state index in [9.17, 15) is 17.2 Å². The largest absolute Gasteiger partial charge is 0.218 e. The first-order chi connectivity index (χ1) is 10.8. The number of hydrogen-bond donors (Lipinski definition) is 0. The number of hydrogen-bond acceptors (Lipinski definition) is 3. The molecule has 0 aliphatic heterocycles. The minimum atomic E-state index is -4.34. The summed E-state index contributed by atoms with van der Waals surface area (Å²) in [5.74, 6) is -1.64. The highest BCUT2D eigenvalue weighted by atomic mass is 35.5. The molecule has 2 aromatic carbocycles. The Hall–Kier alpha value is -1.94. The van der Waals surface area contributed by atoms with Crippen LogP contribution in [0.1, 0.15) is 5.56 Å². The van der Waals surface area contributed by atoms with E-state index in [1.807, 2.05) is 0 Å². The van der Waals surface area contributed by atoms with Gasteiger partial charge < -0.3 is 0 Å². The molecule has 118 valence electrons. The number of sulfone groups is 1. The number of nitrogens with zero attached hydrogens (tertiary/aromatic N) is 1. The molecule has 0 saturated heterocycles. The van der Waals surface area contributed by atoms with Gasteiger partial charge in [-0.2, -0.15) is 5.26 Å². The smallest absolute Gasteiger partial charge is 0.218 e. The van der Waals surface area contributed by atoms with Crippen molar-refractivity contribution in [1.29, 1.82) is 5.26 Å². The zero-order chi connectivity index (χ0) is 17.2. The first-order valence-electron chi connectivity index (χ1n) is 6.02. The number of halogens is 4. The van der Waals surface area contributed by atoms with Crippen LogP contribution in [0.4, 0.5) is 8.78 Å². The summed E-state index contributed by atoms with van der Waals surface area (Å²) in [4.78, 5) is -1.18. The molecule has 0 heterocycles. The Morgan fingerprint density at radius 1 is 1.13 bits per heavy atom. The van der Waals surface area contributed by atoms with Crippen LogP contribution in [0.15, 0.2) is 46.2 Å². The van der Waals surface area contributed by atoms with Gasteiger partial charge >= 0.3 is 0 Å². The van der Waals surface area contributed by atoms with Gasteiger partial charge in [0.2, 0.25) is 9.84 Å². The van der Waals surface area contributed by atoms with E-state index in [2.05, 4.69) is 0 Å². The summed E-state index contributed by atoms with van der Waals surface area (Å²) in [5, 5.41) is 9.07. The van der Waals surface area contributed by atoms with Gasteiger partial charge in [0.25, 0.3) is 0 Å². The molecule has 0 aromatic heterocycles. The SMILES string of the molecule is N#C/C(=C\c1cc(F)ccc1F)S(=O)(=O)c1cc(Cl)ccc1Cl. The van der Waals surface area contributed by atoms with Crippen LogP contribution in [0.2, 0.25) is 10.0 Å². The fourth-order valence-electron chi connectivity index (χ4n) is 1.74. The van der Waals surface area contributed by atoms with Crippen molar-refractivity contribution in [3.8, 4) is 6.07 Å². The van der Waals surface area contributed by atoms with E-state index in [-0.39, 0.29) is 15.6 Å². The monoisotopic (exact) mass is 373 g/mol. The van der Waals surface area contributed by atoms with Crippen molar-refractivity contribution in [3.05, 3.63) is 68.5 Å². The summed E-state index contributed by atoms with van der Waals surface area (Å²) in [5.41, 5.74) is -0.372. The van der Waals surface area contributed by atoms with Gasteiger partial charge in [0.1, 0.15) is 22.6 Å². The number of rotatable bonds is 3. The predicted octanol–water partition coefficient (Wildman–Crippen LogP) is 4.61. The van der Waals surface area contributed by atoms with Gasteiger partial charge in [-0.3, -0.25) is 0 Å². The van der Waals surface area contributed by atoms with Crippen molar-refractivity contribution >= 4 is 39.1 Å². The number of benzene rings is 2. The Kier molecular flexibility index (Phi) is 5.05. The first-order valence-corrected chi connectivity index (χ1v) is 8.26. The van der Waals surface area contributed by atoms with Crippen LogP contribution in [-0.2, 0) is 9.84 Å². The molecule has 8 heteroatoms. The molecule has 2 aromatic rings. The predicted molar refractivity (Wildman–Crippen MR) is 83.6 cm³/mol. The molecule has 0 N–H and O–H groups in total. The maximum Gasteiger partial charge on any atom is 0.218 e. The van der Waals surface area contributed by atoms with E-state index < -0.39 is 31.3 Å². The van der Waals surface area contributed by atoms with Gasteiger partial charge in [-0.1, -0.05) is 23.2 Å². The number of allylic oxidation sites excluding steroid dienone is 1. The molecule has 0 fully saturated rings. The zero-order valence-electron chi connectivity index (χ0n) is 11.2. The molecular weight excluding hydrogens is 367 g/mol. The molecule has 0 atom stereocenters. The van der Waals surface area contributed by atoms with E-state index in [1.165, 1.54) is 18.2 Å². The fraction of sp³-hybridized carbons (Fsp3) is 0. The molecule has 0 spiro atoms. The van der Waals surface area contributed by atoms with Crippen LogP contribution in [0.25, 0.3) is 6.08 Å². The summed E-state index contributed by atoms with van der Waals surface area (Å²) < 4.78 is 51.8. The second kappa shape index (κ2) is 6.67. The topological polar surface area (TPSA) is 57.9 Å². The third-order valence-electron chi connectivity index (χ3n) is 2.83. The van der Waals surface area contributed by atoms with Crippen LogP contribution >= 0.6 is 23.2 Å². The summed E-state index contributed by atoms with van der Waals surface area (Å²) >= 11 is 11.6. The summed E-state index contributed by atoms with van der Waals surface area (Å²) in [6.45, 7) is 0. The molecule has 3 nitrogen and oxygen atoms in total. The summed E-state index contributed by atoms with van der Waals surface area (Å²) in [6, 6.07) is 7.66. The fourth-order valence-corrected chi connectivity index (χ4v) is 3.64. The molecular formula is C15H7Cl2F2NO2S. The third kappa shape index (κ3) is 3.70. The van der Waals surface area contributed by atoms with E-state index >= 15 is 0 Å². The van der Waals surface area contributed by atoms with Crippen LogP contribution in [0, 0.1) is 23.0 Å².